The van der Waals surface area contributed by atoms with Gasteiger partial charge < -0.3 is 0 Å². The fraction of sp³-hybridized carbons (Fsp3) is 0.600. The highest BCUT2D eigenvalue weighted by Crippen LogP contribution is 1.65. The zero-order valence-electron chi connectivity index (χ0n) is 5.49. The van der Waals surface area contributed by atoms with E-state index in [1.54, 1.807) is 10.9 Å². The molecule has 48 valence electrons. The minimum Gasteiger partial charge on any atom is -0.274 e. The van der Waals surface area contributed by atoms with Gasteiger partial charge in [0.05, 0.1) is 0 Å². The molecule has 0 aliphatic rings. The normalized spacial score (nSPS) is 8.38. The smallest absolute Gasteiger partial charge is 0.112 e. The van der Waals surface area contributed by atoms with Gasteiger partial charge in [-0.05, 0) is 26.4 Å². The van der Waals surface area contributed by atoms with Crippen LogP contribution in [0.3, 0.4) is 0 Å². The lowest BCUT2D eigenvalue weighted by atomic mass is 11.0. The van der Waals surface area contributed by atoms with Crippen LogP contribution in [0.25, 0.3) is 0 Å². The summed E-state index contributed by atoms with van der Waals surface area (Å²) in [5, 5.41) is 9.07. The molecule has 2 N–H and O–H groups in total. The van der Waals surface area contributed by atoms with Crippen molar-refractivity contribution in [2.75, 3.05) is 14.1 Å². The molecule has 0 unspecified atom stereocenters. The lowest BCUT2D eigenvalue weighted by molar-refractivity contribution is 1.06. The summed E-state index contributed by atoms with van der Waals surface area (Å²) in [6.45, 7) is 2.00. The lowest BCUT2D eigenvalue weighted by Crippen LogP contribution is -2.29. The summed E-state index contributed by atoms with van der Waals surface area (Å²) in [5.41, 5.74) is 0. The van der Waals surface area contributed by atoms with Gasteiger partial charge in [-0.2, -0.15) is 0 Å². The van der Waals surface area contributed by atoms with Crippen LogP contribution in [0.5, 0.6) is 0 Å². The van der Waals surface area contributed by atoms with Crippen molar-refractivity contribution in [2.24, 2.45) is 0 Å². The van der Waals surface area contributed by atoms with Crippen LogP contribution in [0.15, 0.2) is 0 Å². The van der Waals surface area contributed by atoms with Crippen LogP contribution >= 0.6 is 10.9 Å². The summed E-state index contributed by atoms with van der Waals surface area (Å²) >= 11 is 0. The van der Waals surface area contributed by atoms with Gasteiger partial charge in [0.1, 0.15) is 5.11 Å². The molecule has 0 fully saturated rings. The van der Waals surface area contributed by atoms with Crippen molar-refractivity contribution in [3.05, 3.63) is 0 Å². The average molecular weight is 132 g/mol. The van der Waals surface area contributed by atoms with Gasteiger partial charge in [0.15, 0.2) is 0 Å². The minimum absolute atomic E-state index is 1.08. The first kappa shape index (κ1) is 7.88. The molecule has 0 saturated heterocycles. The van der Waals surface area contributed by atoms with Crippen molar-refractivity contribution >= 4 is 21.4 Å². The summed E-state index contributed by atoms with van der Waals surface area (Å²) in [6.07, 6.45) is 0. The monoisotopic (exact) mass is 132 g/mol. The van der Waals surface area contributed by atoms with Crippen LogP contribution in [0.4, 0.5) is 0 Å². The summed E-state index contributed by atoms with van der Waals surface area (Å²) in [7, 11) is 5.43. The van der Waals surface area contributed by atoms with Crippen LogP contribution in [0.1, 0.15) is 6.92 Å². The van der Waals surface area contributed by atoms with E-state index >= 15 is 0 Å². The maximum absolute atomic E-state index is 2.99. The third-order valence-corrected chi connectivity index (χ3v) is 1.57. The van der Waals surface area contributed by atoms with Gasteiger partial charge in [-0.25, -0.2) is 0 Å². The molecule has 0 rings (SSSR count). The zero-order chi connectivity index (χ0) is 6.41. The van der Waals surface area contributed by atoms with Crippen molar-refractivity contribution in [1.82, 2.24) is 10.6 Å². The van der Waals surface area contributed by atoms with Crippen LogP contribution in [-0.2, 0) is 0 Å². The highest BCUT2D eigenvalue weighted by atomic mass is 32.1. The molecule has 0 aliphatic carbocycles. The first-order valence-corrected chi connectivity index (χ1v) is 3.40. The van der Waals surface area contributed by atoms with Crippen LogP contribution in [0, 0.1) is 0 Å². The molecule has 8 heavy (non-hydrogen) atoms. The quantitative estimate of drug-likeness (QED) is 0.456. The number of nitrogens with one attached hydrogen (secondary N) is 2. The Balaban J connectivity index is 3.87. The zero-order valence-corrected chi connectivity index (χ0v) is 6.30. The predicted molar refractivity (Wildman–Crippen MR) is 42.5 cm³/mol. The molecule has 0 amide bonds. The van der Waals surface area contributed by atoms with E-state index in [-0.39, 0.29) is 0 Å². The Hall–Kier alpha value is -0.120. The molecule has 0 aromatic carbocycles. The Morgan fingerprint density at radius 2 is 1.88 bits per heavy atom. The average Bonchev–Trinajstić information content (AvgIpc) is 1.83. The summed E-state index contributed by atoms with van der Waals surface area (Å²) in [6, 6.07) is 0. The summed E-state index contributed by atoms with van der Waals surface area (Å²) < 4.78 is 0. The van der Waals surface area contributed by atoms with Gasteiger partial charge in [0, 0.05) is 0 Å². The van der Waals surface area contributed by atoms with Crippen molar-refractivity contribution in [3.63, 3.8) is 0 Å². The van der Waals surface area contributed by atoms with Crippen molar-refractivity contribution < 1.29 is 0 Å². The minimum atomic E-state index is 1.08. The van der Waals surface area contributed by atoms with Crippen molar-refractivity contribution in [3.8, 4) is 0 Å². The summed E-state index contributed by atoms with van der Waals surface area (Å²) in [4.78, 5) is 0. The van der Waals surface area contributed by atoms with Gasteiger partial charge in [-0.3, -0.25) is 10.6 Å². The molecule has 0 bridgehead atoms. The molecule has 0 aliphatic heterocycles. The molecule has 0 heterocycles. The van der Waals surface area contributed by atoms with E-state index in [1.165, 1.54) is 0 Å². The van der Waals surface area contributed by atoms with E-state index in [2.05, 4.69) is 10.6 Å². The third-order valence-electron chi connectivity index (χ3n) is 0.690. The largest absolute Gasteiger partial charge is 0.274 e. The molecule has 3 heteroatoms. The number of rotatable bonds is 0. The summed E-state index contributed by atoms with van der Waals surface area (Å²) in [5.74, 6) is 0. The second kappa shape index (κ2) is 5.03. The van der Waals surface area contributed by atoms with E-state index in [4.69, 9.17) is 0 Å². The highest BCUT2D eigenvalue weighted by Gasteiger charge is 1.78. The van der Waals surface area contributed by atoms with Gasteiger partial charge in [-0.1, -0.05) is 0 Å². The molecule has 0 radical (unpaired) electrons. The van der Waals surface area contributed by atoms with Crippen LogP contribution in [0.2, 0.25) is 0 Å². The van der Waals surface area contributed by atoms with E-state index in [0.717, 1.165) is 5.11 Å². The molecule has 2 nitrogen and oxygen atoms in total. The van der Waals surface area contributed by atoms with Gasteiger partial charge in [0.2, 0.25) is 0 Å². The molecule has 0 aromatic heterocycles. The first-order valence-electron chi connectivity index (χ1n) is 2.52. The van der Waals surface area contributed by atoms with Crippen molar-refractivity contribution in [1.29, 1.82) is 0 Å². The van der Waals surface area contributed by atoms with Crippen LogP contribution < -0.4 is 10.6 Å². The highest BCUT2D eigenvalue weighted by molar-refractivity contribution is 7.96. The maximum Gasteiger partial charge on any atom is 0.112 e. The lowest BCUT2D eigenvalue weighted by Gasteiger charge is -1.95. The topological polar surface area (TPSA) is 24.1 Å². The van der Waals surface area contributed by atoms with Gasteiger partial charge >= 0.3 is 0 Å². The Morgan fingerprint density at radius 1 is 1.38 bits per heavy atom. The first-order chi connectivity index (χ1) is 3.85. The molecule has 0 spiro atoms. The molecule has 0 saturated carbocycles. The van der Waals surface area contributed by atoms with E-state index in [1.807, 2.05) is 26.4 Å². The Kier molecular flexibility index (Phi) is 4.95. The Labute approximate surface area is 53.8 Å². The van der Waals surface area contributed by atoms with Gasteiger partial charge in [0.25, 0.3) is 0 Å². The third kappa shape index (κ3) is 2.96. The fourth-order valence-corrected chi connectivity index (χ4v) is 0.832. The predicted octanol–water partition coefficient (Wildman–Crippen LogP) is 0.0679. The van der Waals surface area contributed by atoms with E-state index < -0.39 is 0 Å². The standard InChI is InChI=1S/C5H12N2S/c1-4-8-5(6-2)7-3/h4,6-7H,1-3H3. The number of hydrogen-bond donors (Lipinski definition) is 2. The Morgan fingerprint density at radius 3 is 2.00 bits per heavy atom. The molecular weight excluding hydrogens is 120 g/mol. The number of hydrogen-bond acceptors (Lipinski definition) is 0. The van der Waals surface area contributed by atoms with Crippen LogP contribution in [-0.4, -0.2) is 24.6 Å². The fourth-order valence-electron chi connectivity index (χ4n) is 0.361. The Bertz CT molecular complexity index is 108. The van der Waals surface area contributed by atoms with E-state index in [0.29, 0.717) is 0 Å². The van der Waals surface area contributed by atoms with Gasteiger partial charge in [-0.15, -0.1) is 10.9 Å². The molecular formula is C5H12N2S. The molecule has 0 atom stereocenters. The SMILES string of the molecule is CC=S=C(NC)NC. The maximum atomic E-state index is 2.99. The second-order valence-electron chi connectivity index (χ2n) is 1.18. The second-order valence-corrected chi connectivity index (χ2v) is 2.30. The van der Waals surface area contributed by atoms with Crippen molar-refractivity contribution in [2.45, 2.75) is 6.92 Å². The van der Waals surface area contributed by atoms with E-state index in [9.17, 15) is 0 Å². The molecule has 0 aromatic rings.